The molecule has 4 aliphatic rings. The van der Waals surface area contributed by atoms with Crippen LogP contribution >= 0.6 is 0 Å². The fourth-order valence-electron chi connectivity index (χ4n) is 4.87. The first-order valence-electron chi connectivity index (χ1n) is 11.8. The SMILES string of the molecule is CN(C(=O)c1cn2c(n1)CN(c1nc3c(c(NC4CCOCC4)[nH+]1)S(=O)CC3)CC2)C1CC1. The van der Waals surface area contributed by atoms with Gasteiger partial charge in [-0.15, -0.1) is 4.98 Å². The summed E-state index contributed by atoms with van der Waals surface area (Å²) in [5.74, 6) is 3.07. The molecule has 1 saturated heterocycles. The lowest BCUT2D eigenvalue weighted by molar-refractivity contribution is -0.355. The van der Waals surface area contributed by atoms with Gasteiger partial charge in [-0.2, -0.15) is 0 Å². The van der Waals surface area contributed by atoms with Gasteiger partial charge in [-0.25, -0.2) is 9.97 Å². The number of hydrogen-bond donors (Lipinski definition) is 1. The van der Waals surface area contributed by atoms with Crippen LogP contribution in [-0.2, 0) is 35.0 Å². The lowest BCUT2D eigenvalue weighted by atomic mass is 10.1. The molecular formula is C22H30N7O3S+. The number of carbonyl (C=O) groups is 1. The van der Waals surface area contributed by atoms with Crippen LogP contribution in [0.3, 0.4) is 0 Å². The summed E-state index contributed by atoms with van der Waals surface area (Å²) in [5, 5.41) is 3.59. The van der Waals surface area contributed by atoms with Gasteiger partial charge in [0.15, 0.2) is 0 Å². The molecule has 176 valence electrons. The summed E-state index contributed by atoms with van der Waals surface area (Å²) in [6.45, 7) is 3.56. The van der Waals surface area contributed by atoms with Gasteiger partial charge in [0.1, 0.15) is 28.7 Å². The molecule has 11 heteroatoms. The van der Waals surface area contributed by atoms with Crippen molar-refractivity contribution in [3.05, 3.63) is 23.4 Å². The molecule has 6 rings (SSSR count). The Morgan fingerprint density at radius 1 is 1.24 bits per heavy atom. The number of nitrogens with zero attached hydrogens (tertiary/aromatic N) is 5. The van der Waals surface area contributed by atoms with E-state index in [2.05, 4.69) is 24.8 Å². The zero-order valence-corrected chi connectivity index (χ0v) is 19.7. The van der Waals surface area contributed by atoms with Crippen molar-refractivity contribution in [1.29, 1.82) is 0 Å². The minimum Gasteiger partial charge on any atom is -0.381 e. The Hall–Kier alpha value is -2.53. The second kappa shape index (κ2) is 8.35. The standard InChI is InChI=1S/C22H29N7O3S/c1-27(15-2-3-15)21(30)17-12-28-7-8-29(13-18(28)24-17)22-25-16-6-11-33(31)19(16)20(26-22)23-14-4-9-32-10-5-14/h12,14-15H,2-11,13H2,1H3,(H,23,25,26)/p+1. The van der Waals surface area contributed by atoms with Crippen LogP contribution in [0.5, 0.6) is 0 Å². The Labute approximate surface area is 195 Å². The highest BCUT2D eigenvalue weighted by Crippen LogP contribution is 2.30. The third-order valence-electron chi connectivity index (χ3n) is 7.02. The number of imidazole rings is 1. The van der Waals surface area contributed by atoms with Crippen molar-refractivity contribution in [1.82, 2.24) is 19.4 Å². The van der Waals surface area contributed by atoms with E-state index in [-0.39, 0.29) is 5.91 Å². The second-order valence-electron chi connectivity index (χ2n) is 9.35. The molecule has 0 bridgehead atoms. The van der Waals surface area contributed by atoms with E-state index >= 15 is 0 Å². The normalized spacial score (nSPS) is 22.7. The number of aryl methyl sites for hydroxylation is 1. The molecule has 2 aromatic rings. The van der Waals surface area contributed by atoms with E-state index in [1.807, 2.05) is 18.1 Å². The minimum atomic E-state index is -1.03. The molecule has 1 unspecified atom stereocenters. The molecule has 3 aliphatic heterocycles. The Kier molecular flexibility index (Phi) is 5.33. The molecule has 33 heavy (non-hydrogen) atoms. The number of anilines is 2. The van der Waals surface area contributed by atoms with Crippen LogP contribution in [-0.4, -0.2) is 74.2 Å². The summed E-state index contributed by atoms with van der Waals surface area (Å²) in [6.07, 6.45) is 6.63. The van der Waals surface area contributed by atoms with Crippen LogP contribution in [0.2, 0.25) is 0 Å². The van der Waals surface area contributed by atoms with Gasteiger partial charge in [-0.05, 0) is 12.8 Å². The third-order valence-corrected chi connectivity index (χ3v) is 8.49. The maximum Gasteiger partial charge on any atom is 0.347 e. The minimum absolute atomic E-state index is 0.00130. The summed E-state index contributed by atoms with van der Waals surface area (Å²) in [6, 6.07) is 0.661. The van der Waals surface area contributed by atoms with Crippen LogP contribution < -0.4 is 15.2 Å². The number of carbonyl (C=O) groups excluding carboxylic acids is 1. The number of ether oxygens (including phenoxy) is 1. The number of amides is 1. The van der Waals surface area contributed by atoms with Gasteiger partial charge < -0.3 is 19.5 Å². The average molecular weight is 473 g/mol. The van der Waals surface area contributed by atoms with Crippen molar-refractivity contribution in [2.75, 3.05) is 42.8 Å². The highest BCUT2D eigenvalue weighted by Gasteiger charge is 2.35. The molecule has 5 heterocycles. The van der Waals surface area contributed by atoms with Gasteiger partial charge in [0.2, 0.25) is 5.82 Å². The van der Waals surface area contributed by atoms with Gasteiger partial charge >= 0.3 is 5.95 Å². The van der Waals surface area contributed by atoms with Crippen LogP contribution in [0.15, 0.2) is 11.1 Å². The van der Waals surface area contributed by atoms with Crippen molar-refractivity contribution in [2.24, 2.45) is 0 Å². The summed E-state index contributed by atoms with van der Waals surface area (Å²) in [7, 11) is 0.833. The van der Waals surface area contributed by atoms with Crippen LogP contribution in [0.25, 0.3) is 0 Å². The fraction of sp³-hybridized carbons (Fsp3) is 0.636. The van der Waals surface area contributed by atoms with E-state index in [0.717, 1.165) is 86.6 Å². The monoisotopic (exact) mass is 472 g/mol. The van der Waals surface area contributed by atoms with Gasteiger partial charge in [0.05, 0.1) is 29.9 Å². The van der Waals surface area contributed by atoms with Crippen molar-refractivity contribution < 1.29 is 18.7 Å². The van der Waals surface area contributed by atoms with Gasteiger partial charge in [0, 0.05) is 57.5 Å². The van der Waals surface area contributed by atoms with Gasteiger partial charge in [0.25, 0.3) is 5.91 Å². The molecule has 2 N–H and O–H groups in total. The molecular weight excluding hydrogens is 442 g/mol. The van der Waals surface area contributed by atoms with E-state index in [4.69, 9.17) is 9.72 Å². The topological polar surface area (TPSA) is 107 Å². The van der Waals surface area contributed by atoms with Crippen molar-refractivity contribution in [2.45, 2.75) is 62.2 Å². The molecule has 2 fully saturated rings. The Morgan fingerprint density at radius 2 is 2.06 bits per heavy atom. The van der Waals surface area contributed by atoms with Crippen LogP contribution in [0.1, 0.15) is 47.7 Å². The smallest absolute Gasteiger partial charge is 0.347 e. The molecule has 1 aliphatic carbocycles. The molecule has 0 spiro atoms. The highest BCUT2D eigenvalue weighted by molar-refractivity contribution is 7.85. The molecule has 1 saturated carbocycles. The number of aromatic amines is 1. The molecule has 10 nitrogen and oxygen atoms in total. The van der Waals surface area contributed by atoms with E-state index in [1.165, 1.54) is 0 Å². The number of hydrogen-bond acceptors (Lipinski definition) is 7. The van der Waals surface area contributed by atoms with Gasteiger partial charge in [-0.3, -0.25) is 13.9 Å². The number of rotatable bonds is 5. The van der Waals surface area contributed by atoms with Gasteiger partial charge in [-0.1, -0.05) is 0 Å². The molecule has 1 atom stereocenters. The zero-order chi connectivity index (χ0) is 22.5. The summed E-state index contributed by atoms with van der Waals surface area (Å²) in [4.78, 5) is 30.5. The molecule has 0 aromatic carbocycles. The van der Waals surface area contributed by atoms with Crippen LogP contribution in [0, 0.1) is 0 Å². The van der Waals surface area contributed by atoms with Crippen molar-refractivity contribution in [3.8, 4) is 0 Å². The highest BCUT2D eigenvalue weighted by atomic mass is 32.2. The average Bonchev–Trinajstić information content (AvgIpc) is 3.49. The van der Waals surface area contributed by atoms with E-state index < -0.39 is 10.8 Å². The summed E-state index contributed by atoms with van der Waals surface area (Å²) < 4.78 is 20.2. The first kappa shape index (κ1) is 21.0. The summed E-state index contributed by atoms with van der Waals surface area (Å²) >= 11 is 0. The number of nitrogens with one attached hydrogen (secondary N) is 2. The van der Waals surface area contributed by atoms with Crippen molar-refractivity contribution in [3.63, 3.8) is 0 Å². The Balaban J connectivity index is 1.25. The van der Waals surface area contributed by atoms with Crippen LogP contribution in [0.4, 0.5) is 11.8 Å². The third kappa shape index (κ3) is 4.01. The second-order valence-corrected chi connectivity index (χ2v) is 10.9. The number of aromatic nitrogens is 4. The number of fused-ring (bicyclic) bond motifs is 2. The fourth-order valence-corrected chi connectivity index (χ4v) is 6.20. The van der Waals surface area contributed by atoms with E-state index in [1.54, 1.807) is 0 Å². The number of H-pyrrole nitrogens is 1. The summed E-state index contributed by atoms with van der Waals surface area (Å²) in [5.41, 5.74) is 1.43. The lowest BCUT2D eigenvalue weighted by Gasteiger charge is -2.25. The maximum atomic E-state index is 12.8. The largest absolute Gasteiger partial charge is 0.381 e. The molecule has 0 radical (unpaired) electrons. The predicted octanol–water partition coefficient (Wildman–Crippen LogP) is 0.601. The first-order chi connectivity index (χ1) is 16.1. The zero-order valence-electron chi connectivity index (χ0n) is 18.9. The quantitative estimate of drug-likeness (QED) is 0.679. The van der Waals surface area contributed by atoms with Crippen molar-refractivity contribution >= 4 is 28.5 Å². The lowest BCUT2D eigenvalue weighted by Crippen LogP contribution is -2.39. The first-order valence-corrected chi connectivity index (χ1v) is 13.2. The maximum absolute atomic E-state index is 12.8. The predicted molar refractivity (Wildman–Crippen MR) is 122 cm³/mol. The Morgan fingerprint density at radius 3 is 2.85 bits per heavy atom. The van der Waals surface area contributed by atoms with E-state index in [9.17, 15) is 9.00 Å². The van der Waals surface area contributed by atoms with E-state index in [0.29, 0.717) is 30.1 Å². The molecule has 1 amide bonds. The Bertz CT molecular complexity index is 1110. The molecule has 2 aromatic heterocycles.